The molecule has 1 heterocycles. The van der Waals surface area contributed by atoms with Crippen LogP contribution in [0.5, 0.6) is 0 Å². The van der Waals surface area contributed by atoms with E-state index in [-0.39, 0.29) is 11.8 Å². The molecule has 1 aromatic carbocycles. The first-order chi connectivity index (χ1) is 8.97. The Hall–Kier alpha value is -0.610. The van der Waals surface area contributed by atoms with Gasteiger partial charge in [-0.05, 0) is 31.8 Å². The summed E-state index contributed by atoms with van der Waals surface area (Å²) in [7, 11) is 4.04. The lowest BCUT2D eigenvalue weighted by molar-refractivity contribution is -0.125. The number of nitrogens with zero attached hydrogens (tertiary/aromatic N) is 2. The van der Waals surface area contributed by atoms with E-state index in [1.165, 1.54) is 0 Å². The van der Waals surface area contributed by atoms with Crippen LogP contribution in [0.15, 0.2) is 18.2 Å². The Bertz CT molecular complexity index is 479. The summed E-state index contributed by atoms with van der Waals surface area (Å²) < 4.78 is 0. The first-order valence-electron chi connectivity index (χ1n) is 6.33. The number of piperazine rings is 1. The maximum atomic E-state index is 12.4. The molecular formula is C14H18Cl2N2O. The van der Waals surface area contributed by atoms with E-state index in [9.17, 15) is 4.79 Å². The van der Waals surface area contributed by atoms with Crippen LogP contribution in [0.4, 0.5) is 0 Å². The van der Waals surface area contributed by atoms with Gasteiger partial charge in [-0.25, -0.2) is 0 Å². The molecule has 0 spiro atoms. The zero-order valence-electron chi connectivity index (χ0n) is 11.2. The molecule has 1 unspecified atom stereocenters. The van der Waals surface area contributed by atoms with Crippen molar-refractivity contribution >= 4 is 29.0 Å². The van der Waals surface area contributed by atoms with Gasteiger partial charge in [0.1, 0.15) is 0 Å². The molecule has 0 amide bonds. The van der Waals surface area contributed by atoms with Crippen LogP contribution in [-0.2, 0) is 11.2 Å². The minimum absolute atomic E-state index is 0.0505. The predicted molar refractivity (Wildman–Crippen MR) is 79.1 cm³/mol. The van der Waals surface area contributed by atoms with E-state index in [1.54, 1.807) is 12.1 Å². The molecule has 1 aromatic rings. The minimum atomic E-state index is -0.0505. The van der Waals surface area contributed by atoms with E-state index >= 15 is 0 Å². The standard InChI is InChI=1S/C14H18Cl2N2O/c1-17-5-6-18(2)13(9-17)14(19)7-10-3-4-11(15)8-12(10)16/h3-4,8,13H,5-7,9H2,1-2H3. The third-order valence-corrected chi connectivity index (χ3v) is 4.19. The molecule has 0 aliphatic carbocycles. The average Bonchev–Trinajstić information content (AvgIpc) is 2.35. The smallest absolute Gasteiger partial charge is 0.155 e. The largest absolute Gasteiger partial charge is 0.303 e. The zero-order valence-corrected chi connectivity index (χ0v) is 12.7. The Morgan fingerprint density at radius 2 is 2.05 bits per heavy atom. The Balaban J connectivity index is 2.07. The van der Waals surface area contributed by atoms with Crippen molar-refractivity contribution in [3.63, 3.8) is 0 Å². The van der Waals surface area contributed by atoms with Crippen LogP contribution < -0.4 is 0 Å². The topological polar surface area (TPSA) is 23.6 Å². The molecule has 3 nitrogen and oxygen atoms in total. The van der Waals surface area contributed by atoms with Crippen molar-refractivity contribution in [2.45, 2.75) is 12.5 Å². The summed E-state index contributed by atoms with van der Waals surface area (Å²) in [5.74, 6) is 0.207. The molecule has 1 aliphatic rings. The monoisotopic (exact) mass is 300 g/mol. The van der Waals surface area contributed by atoms with Crippen LogP contribution in [0.1, 0.15) is 5.56 Å². The number of hydrogen-bond donors (Lipinski definition) is 0. The van der Waals surface area contributed by atoms with Crippen molar-refractivity contribution in [2.75, 3.05) is 33.7 Å². The quantitative estimate of drug-likeness (QED) is 0.856. The molecule has 0 aromatic heterocycles. The van der Waals surface area contributed by atoms with Gasteiger partial charge in [0, 0.05) is 36.1 Å². The lowest BCUT2D eigenvalue weighted by Gasteiger charge is -2.36. The first-order valence-corrected chi connectivity index (χ1v) is 7.08. The molecule has 104 valence electrons. The Morgan fingerprint density at radius 1 is 1.32 bits per heavy atom. The highest BCUT2D eigenvalue weighted by Crippen LogP contribution is 2.22. The van der Waals surface area contributed by atoms with Crippen molar-refractivity contribution < 1.29 is 4.79 Å². The molecule has 0 saturated carbocycles. The Morgan fingerprint density at radius 3 is 2.74 bits per heavy atom. The van der Waals surface area contributed by atoms with Gasteiger partial charge in [0.15, 0.2) is 5.78 Å². The maximum Gasteiger partial charge on any atom is 0.155 e. The zero-order chi connectivity index (χ0) is 14.0. The second-order valence-corrected chi connectivity index (χ2v) is 5.98. The molecule has 1 fully saturated rings. The highest BCUT2D eigenvalue weighted by molar-refractivity contribution is 6.35. The number of ketones is 1. The highest BCUT2D eigenvalue weighted by Gasteiger charge is 2.28. The number of benzene rings is 1. The minimum Gasteiger partial charge on any atom is -0.303 e. The fourth-order valence-electron chi connectivity index (χ4n) is 2.33. The Labute approximate surface area is 124 Å². The lowest BCUT2D eigenvalue weighted by Crippen LogP contribution is -2.53. The maximum absolute atomic E-state index is 12.4. The van der Waals surface area contributed by atoms with Crippen LogP contribution in [0.25, 0.3) is 0 Å². The fourth-order valence-corrected chi connectivity index (χ4v) is 2.80. The number of Topliss-reactive ketones (excluding diaryl/α,β-unsaturated/α-hetero) is 1. The molecule has 0 radical (unpaired) electrons. The molecule has 2 rings (SSSR count). The van der Waals surface area contributed by atoms with Gasteiger partial charge in [-0.15, -0.1) is 0 Å². The van der Waals surface area contributed by atoms with E-state index in [4.69, 9.17) is 23.2 Å². The summed E-state index contributed by atoms with van der Waals surface area (Å²) >= 11 is 12.0. The number of rotatable bonds is 3. The van der Waals surface area contributed by atoms with Crippen LogP contribution in [0.3, 0.4) is 0 Å². The summed E-state index contributed by atoms with van der Waals surface area (Å²) in [4.78, 5) is 16.7. The van der Waals surface area contributed by atoms with Crippen molar-refractivity contribution in [3.8, 4) is 0 Å². The Kier molecular flexibility index (Phi) is 4.85. The van der Waals surface area contributed by atoms with Crippen molar-refractivity contribution in [1.82, 2.24) is 9.80 Å². The fraction of sp³-hybridized carbons (Fsp3) is 0.500. The van der Waals surface area contributed by atoms with Gasteiger partial charge in [-0.3, -0.25) is 9.69 Å². The van der Waals surface area contributed by atoms with E-state index < -0.39 is 0 Å². The normalized spacial score (nSPS) is 21.6. The average molecular weight is 301 g/mol. The second kappa shape index (κ2) is 6.23. The van der Waals surface area contributed by atoms with Crippen LogP contribution in [0.2, 0.25) is 10.0 Å². The van der Waals surface area contributed by atoms with Crippen LogP contribution >= 0.6 is 23.2 Å². The van der Waals surface area contributed by atoms with Gasteiger partial charge in [0.05, 0.1) is 6.04 Å². The predicted octanol–water partition coefficient (Wildman–Crippen LogP) is 2.35. The number of carbonyl (C=O) groups is 1. The number of hydrogen-bond acceptors (Lipinski definition) is 3. The summed E-state index contributed by atoms with van der Waals surface area (Å²) in [6, 6.07) is 5.23. The van der Waals surface area contributed by atoms with E-state index in [1.807, 2.05) is 20.2 Å². The number of carbonyl (C=O) groups excluding carboxylic acids is 1. The highest BCUT2D eigenvalue weighted by atomic mass is 35.5. The molecule has 19 heavy (non-hydrogen) atoms. The van der Waals surface area contributed by atoms with E-state index in [2.05, 4.69) is 9.80 Å². The van der Waals surface area contributed by atoms with E-state index in [0.29, 0.717) is 16.5 Å². The van der Waals surface area contributed by atoms with Crippen LogP contribution in [-0.4, -0.2) is 55.4 Å². The molecule has 1 atom stereocenters. The van der Waals surface area contributed by atoms with Crippen molar-refractivity contribution in [1.29, 1.82) is 0 Å². The SMILES string of the molecule is CN1CCN(C)C(C(=O)Cc2ccc(Cl)cc2Cl)C1. The third-order valence-electron chi connectivity index (χ3n) is 3.60. The third kappa shape index (κ3) is 3.69. The van der Waals surface area contributed by atoms with Crippen molar-refractivity contribution in [2.24, 2.45) is 0 Å². The molecule has 5 heteroatoms. The summed E-state index contributed by atoms with van der Waals surface area (Å²) in [6.07, 6.45) is 0.360. The van der Waals surface area contributed by atoms with E-state index in [0.717, 1.165) is 25.2 Å². The molecular weight excluding hydrogens is 283 g/mol. The first kappa shape index (κ1) is 14.8. The number of halogens is 2. The summed E-state index contributed by atoms with van der Waals surface area (Å²) in [6.45, 7) is 2.70. The van der Waals surface area contributed by atoms with Gasteiger partial charge < -0.3 is 4.90 Å². The van der Waals surface area contributed by atoms with Gasteiger partial charge in [0.2, 0.25) is 0 Å². The second-order valence-electron chi connectivity index (χ2n) is 5.14. The van der Waals surface area contributed by atoms with Crippen molar-refractivity contribution in [3.05, 3.63) is 33.8 Å². The molecule has 0 bridgehead atoms. The van der Waals surface area contributed by atoms with Gasteiger partial charge in [0.25, 0.3) is 0 Å². The molecule has 1 saturated heterocycles. The molecule has 0 N–H and O–H groups in total. The number of likely N-dealkylation sites (N-methyl/N-ethyl adjacent to an activating group) is 2. The molecule has 1 aliphatic heterocycles. The van der Waals surface area contributed by atoms with Gasteiger partial charge in [-0.2, -0.15) is 0 Å². The van der Waals surface area contributed by atoms with Gasteiger partial charge in [-0.1, -0.05) is 29.3 Å². The summed E-state index contributed by atoms with van der Waals surface area (Å²) in [5.41, 5.74) is 0.845. The summed E-state index contributed by atoms with van der Waals surface area (Å²) in [5, 5.41) is 1.16. The van der Waals surface area contributed by atoms with Gasteiger partial charge >= 0.3 is 0 Å². The van der Waals surface area contributed by atoms with Crippen LogP contribution in [0, 0.1) is 0 Å². The lowest BCUT2D eigenvalue weighted by atomic mass is 10.0.